The first kappa shape index (κ1) is 52.0. The minimum atomic E-state index is -3.26. The normalized spacial score (nSPS) is 11.3. The molecular weight excluding hydrogens is 1270 g/mol. The molecule has 0 aliphatic heterocycles. The van der Waals surface area contributed by atoms with E-state index in [0.29, 0.717) is 6.61 Å². The van der Waals surface area contributed by atoms with Gasteiger partial charge in [-0.1, -0.05) is 109 Å². The molecule has 0 aromatic heterocycles. The fraction of sp³-hybridized carbons (Fsp3) is 0.129. The third-order valence-electron chi connectivity index (χ3n) is 13.2. The van der Waals surface area contributed by atoms with E-state index in [-0.39, 0.29) is 0 Å². The van der Waals surface area contributed by atoms with Crippen LogP contribution in [0.1, 0.15) is 6.92 Å². The molecule has 7 nitrogen and oxygen atoms in total. The average Bonchev–Trinajstić information content (AvgIpc) is 3.44. The van der Waals surface area contributed by atoms with Crippen LogP contribution < -0.4 is 44.0 Å². The SMILES string of the molecule is CCO[Si](c1ccc(-c2cc(OC)c(-c3ccc(I)cc3)cc2OC)cc1)(c1ccc(-c2cc(OC)c(-c3ccc(I)cc3)cc2OC)cc1)c1ccc(-c2cc(OC)c(-c3ccc(I)cc3)cc2OC)cc1. The molecule has 0 radical (unpaired) electrons. The second kappa shape index (κ2) is 23.1. The van der Waals surface area contributed by atoms with Crippen LogP contribution in [0.25, 0.3) is 66.8 Å². The number of hydrogen-bond acceptors (Lipinski definition) is 7. The summed E-state index contributed by atoms with van der Waals surface area (Å²) in [4.78, 5) is 0. The van der Waals surface area contributed by atoms with Crippen LogP contribution in [0.2, 0.25) is 0 Å². The van der Waals surface area contributed by atoms with Crippen molar-refractivity contribution in [3.63, 3.8) is 0 Å². The molecule has 0 aliphatic carbocycles. The summed E-state index contributed by atoms with van der Waals surface area (Å²) in [5, 5.41) is 3.26. The van der Waals surface area contributed by atoms with E-state index >= 15 is 0 Å². The maximum absolute atomic E-state index is 7.29. The summed E-state index contributed by atoms with van der Waals surface area (Å²) >= 11 is 6.97. The molecule has 73 heavy (non-hydrogen) atoms. The van der Waals surface area contributed by atoms with Crippen LogP contribution in [0.4, 0.5) is 0 Å². The molecule has 9 aromatic rings. The lowest BCUT2D eigenvalue weighted by molar-refractivity contribution is 0.347. The van der Waals surface area contributed by atoms with Gasteiger partial charge in [-0.25, -0.2) is 0 Å². The zero-order chi connectivity index (χ0) is 51.2. The zero-order valence-corrected chi connectivity index (χ0v) is 49.0. The maximum Gasteiger partial charge on any atom is 0.288 e. The molecule has 0 saturated heterocycles. The highest BCUT2D eigenvalue weighted by Crippen LogP contribution is 2.44. The molecule has 0 aliphatic rings. The minimum Gasteiger partial charge on any atom is -0.496 e. The lowest BCUT2D eigenvalue weighted by atomic mass is 9.98. The van der Waals surface area contributed by atoms with Crippen LogP contribution in [0.15, 0.2) is 182 Å². The third kappa shape index (κ3) is 10.6. The maximum atomic E-state index is 7.29. The molecule has 9 aromatic carbocycles. The van der Waals surface area contributed by atoms with E-state index in [1.54, 1.807) is 42.7 Å². The van der Waals surface area contributed by atoms with Crippen molar-refractivity contribution in [2.45, 2.75) is 6.92 Å². The number of ether oxygens (including phenoxy) is 6. The number of rotatable bonds is 17. The van der Waals surface area contributed by atoms with Gasteiger partial charge in [0.25, 0.3) is 8.32 Å². The summed E-state index contributed by atoms with van der Waals surface area (Å²) in [5.41, 5.74) is 11.8. The Hall–Kier alpha value is -5.85. The minimum absolute atomic E-state index is 0.485. The van der Waals surface area contributed by atoms with Crippen molar-refractivity contribution in [1.82, 2.24) is 0 Å². The molecule has 368 valence electrons. The summed E-state index contributed by atoms with van der Waals surface area (Å²) in [6, 6.07) is 63.9. The number of benzene rings is 9. The Bertz CT molecular complexity index is 3010. The van der Waals surface area contributed by atoms with Gasteiger partial charge >= 0.3 is 0 Å². The molecule has 0 bridgehead atoms. The fourth-order valence-electron chi connectivity index (χ4n) is 9.56. The molecule has 0 unspecified atom stereocenters. The number of methoxy groups -OCH3 is 6. The lowest BCUT2D eigenvalue weighted by Crippen LogP contribution is -2.69. The largest absolute Gasteiger partial charge is 0.496 e. The molecule has 11 heteroatoms. The summed E-state index contributed by atoms with van der Waals surface area (Å²) in [6.45, 7) is 2.56. The second-order valence-electron chi connectivity index (χ2n) is 17.1. The molecule has 0 atom stereocenters. The lowest BCUT2D eigenvalue weighted by Gasteiger charge is -2.33. The standard InChI is InChI=1S/C62H53I3O7Si/c1-8-72-73(48-27-15-42(16-28-48)54-36-57(66-2)51(33-60(54)69-5)39-9-21-45(63)22-10-39,49-29-17-43(18-30-49)55-37-58(67-3)52(34-61(55)70-6)40-11-23-46(64)24-12-40)50-31-19-44(20-32-50)56-38-59(68-4)53(35-62(56)71-7)41-13-25-47(65)26-14-41/h9-38H,8H2,1-7H3. The van der Waals surface area contributed by atoms with Crippen molar-refractivity contribution in [3.05, 3.63) is 193 Å². The summed E-state index contributed by atoms with van der Waals surface area (Å²) < 4.78 is 47.1. The van der Waals surface area contributed by atoms with Gasteiger partial charge in [-0.05, 0) is 196 Å². The molecule has 0 fully saturated rings. The van der Waals surface area contributed by atoms with Gasteiger partial charge < -0.3 is 32.8 Å². The predicted molar refractivity (Wildman–Crippen MR) is 326 cm³/mol. The fourth-order valence-corrected chi connectivity index (χ4v) is 14.5. The van der Waals surface area contributed by atoms with Crippen LogP contribution in [-0.4, -0.2) is 57.6 Å². The van der Waals surface area contributed by atoms with Crippen LogP contribution >= 0.6 is 67.8 Å². The van der Waals surface area contributed by atoms with Crippen molar-refractivity contribution >= 4 is 91.7 Å². The molecule has 0 amide bonds. The van der Waals surface area contributed by atoms with Gasteiger partial charge in [0.05, 0.1) is 42.7 Å². The first-order valence-electron chi connectivity index (χ1n) is 23.6. The van der Waals surface area contributed by atoms with Crippen LogP contribution in [-0.2, 0) is 4.43 Å². The van der Waals surface area contributed by atoms with E-state index < -0.39 is 8.32 Å². The Labute approximate surface area is 470 Å². The zero-order valence-electron chi connectivity index (χ0n) is 41.5. The van der Waals surface area contributed by atoms with Gasteiger partial charge in [0.15, 0.2) is 0 Å². The first-order chi connectivity index (χ1) is 35.5. The topological polar surface area (TPSA) is 64.6 Å². The highest BCUT2D eigenvalue weighted by molar-refractivity contribution is 14.1. The first-order valence-corrected chi connectivity index (χ1v) is 28.7. The Morgan fingerprint density at radius 3 is 0.630 bits per heavy atom. The molecular formula is C62H53I3O7Si. The van der Waals surface area contributed by atoms with E-state index in [4.69, 9.17) is 32.8 Å². The highest BCUT2D eigenvalue weighted by Gasteiger charge is 2.42. The average molecular weight is 1320 g/mol. The Morgan fingerprint density at radius 2 is 0.466 bits per heavy atom. The molecule has 9 rings (SSSR count). The number of halogens is 3. The molecule has 0 saturated carbocycles. The van der Waals surface area contributed by atoms with Gasteiger partial charge in [0.2, 0.25) is 0 Å². The Kier molecular flexibility index (Phi) is 16.5. The Morgan fingerprint density at radius 1 is 0.288 bits per heavy atom. The van der Waals surface area contributed by atoms with Crippen molar-refractivity contribution < 1.29 is 32.8 Å². The second-order valence-corrected chi connectivity index (χ2v) is 24.2. The predicted octanol–water partition coefficient (Wildman–Crippen LogP) is 14.6. The third-order valence-corrected chi connectivity index (χ3v) is 19.5. The van der Waals surface area contributed by atoms with E-state index in [2.05, 4.69) is 257 Å². The number of hydrogen-bond donors (Lipinski definition) is 0. The van der Waals surface area contributed by atoms with Crippen molar-refractivity contribution in [2.75, 3.05) is 49.3 Å². The summed E-state index contributed by atoms with van der Waals surface area (Å²) in [6.07, 6.45) is 0. The van der Waals surface area contributed by atoms with Crippen molar-refractivity contribution in [2.24, 2.45) is 0 Å². The van der Waals surface area contributed by atoms with E-state index in [0.717, 1.165) is 128 Å². The summed E-state index contributed by atoms with van der Waals surface area (Å²) in [5.74, 6) is 4.53. The van der Waals surface area contributed by atoms with E-state index in [1.807, 2.05) is 0 Å². The van der Waals surface area contributed by atoms with Gasteiger partial charge in [-0.3, -0.25) is 0 Å². The monoisotopic (exact) mass is 1320 g/mol. The Balaban J connectivity index is 1.17. The smallest absolute Gasteiger partial charge is 0.288 e. The van der Waals surface area contributed by atoms with Gasteiger partial charge in [0.1, 0.15) is 34.5 Å². The van der Waals surface area contributed by atoms with Crippen LogP contribution in [0, 0.1) is 10.7 Å². The van der Waals surface area contributed by atoms with Gasteiger partial charge in [-0.2, -0.15) is 0 Å². The van der Waals surface area contributed by atoms with Gasteiger partial charge in [-0.15, -0.1) is 0 Å². The van der Waals surface area contributed by atoms with Crippen molar-refractivity contribution in [3.8, 4) is 101 Å². The quantitative estimate of drug-likeness (QED) is 0.0511. The molecule has 0 N–H and O–H groups in total. The van der Waals surface area contributed by atoms with Crippen molar-refractivity contribution in [1.29, 1.82) is 0 Å². The summed E-state index contributed by atoms with van der Waals surface area (Å²) in [7, 11) is 7.02. The molecule has 0 heterocycles. The molecule has 0 spiro atoms. The highest BCUT2D eigenvalue weighted by atomic mass is 127. The van der Waals surface area contributed by atoms with E-state index in [9.17, 15) is 0 Å². The van der Waals surface area contributed by atoms with Crippen LogP contribution in [0.3, 0.4) is 0 Å². The van der Waals surface area contributed by atoms with E-state index in [1.165, 1.54) is 0 Å². The van der Waals surface area contributed by atoms with Gasteiger partial charge in [0, 0.05) is 50.7 Å². The van der Waals surface area contributed by atoms with Crippen LogP contribution in [0.5, 0.6) is 34.5 Å².